The normalized spacial score (nSPS) is 11.1. The smallest absolute Gasteiger partial charge is 0.243 e. The lowest BCUT2D eigenvalue weighted by molar-refractivity contribution is 0.309. The van der Waals surface area contributed by atoms with E-state index in [1.54, 1.807) is 7.11 Å². The molecule has 4 aromatic rings. The van der Waals surface area contributed by atoms with Gasteiger partial charge in [-0.05, 0) is 37.6 Å². The maximum absolute atomic E-state index is 6.04. The second-order valence-corrected chi connectivity index (χ2v) is 6.33. The number of benzene rings is 2. The van der Waals surface area contributed by atoms with Crippen LogP contribution in [0.4, 0.5) is 0 Å². The standard InChI is InChI=1S/C22H23N3O3/c1-4-27-21-20-19(17-8-6-7-9-18(17)23-21)22(28-5-2)25(24-20)14-15-10-12-16(26-3)13-11-15/h6-13H,4-5,14H2,1-3H3. The van der Waals surface area contributed by atoms with Crippen molar-refractivity contribution in [3.8, 4) is 17.5 Å². The maximum Gasteiger partial charge on any atom is 0.243 e. The molecule has 0 N–H and O–H groups in total. The number of hydrogen-bond acceptors (Lipinski definition) is 5. The highest BCUT2D eigenvalue weighted by atomic mass is 16.5. The molecule has 0 unspecified atom stereocenters. The zero-order valence-corrected chi connectivity index (χ0v) is 16.3. The summed E-state index contributed by atoms with van der Waals surface area (Å²) in [6.45, 7) is 5.57. The second-order valence-electron chi connectivity index (χ2n) is 6.33. The van der Waals surface area contributed by atoms with E-state index < -0.39 is 0 Å². The van der Waals surface area contributed by atoms with Crippen molar-refractivity contribution >= 4 is 21.8 Å². The van der Waals surface area contributed by atoms with E-state index in [2.05, 4.69) is 4.98 Å². The Labute approximate surface area is 163 Å². The summed E-state index contributed by atoms with van der Waals surface area (Å²) < 4.78 is 19.0. The summed E-state index contributed by atoms with van der Waals surface area (Å²) in [4.78, 5) is 4.67. The zero-order valence-electron chi connectivity index (χ0n) is 16.3. The summed E-state index contributed by atoms with van der Waals surface area (Å²) in [5.41, 5.74) is 2.69. The summed E-state index contributed by atoms with van der Waals surface area (Å²) in [6, 6.07) is 15.9. The fourth-order valence-electron chi connectivity index (χ4n) is 3.32. The van der Waals surface area contributed by atoms with Gasteiger partial charge in [-0.25, -0.2) is 9.67 Å². The number of aromatic nitrogens is 3. The molecule has 0 amide bonds. The molecule has 0 spiro atoms. The molecule has 0 saturated carbocycles. The molecule has 6 heteroatoms. The topological polar surface area (TPSA) is 58.4 Å². The fourth-order valence-corrected chi connectivity index (χ4v) is 3.32. The molecule has 2 aromatic carbocycles. The van der Waals surface area contributed by atoms with Gasteiger partial charge < -0.3 is 14.2 Å². The third-order valence-electron chi connectivity index (χ3n) is 4.56. The first-order valence-corrected chi connectivity index (χ1v) is 9.43. The molecule has 0 aliphatic rings. The largest absolute Gasteiger partial charge is 0.497 e. The van der Waals surface area contributed by atoms with Gasteiger partial charge in [0.05, 0.1) is 37.8 Å². The molecule has 0 radical (unpaired) electrons. The molecular weight excluding hydrogens is 354 g/mol. The molecule has 0 atom stereocenters. The highest BCUT2D eigenvalue weighted by molar-refractivity contribution is 6.09. The van der Waals surface area contributed by atoms with Gasteiger partial charge in [-0.1, -0.05) is 30.3 Å². The molecule has 2 aromatic heterocycles. The van der Waals surface area contributed by atoms with Crippen molar-refractivity contribution in [3.63, 3.8) is 0 Å². The van der Waals surface area contributed by atoms with E-state index in [0.29, 0.717) is 25.6 Å². The molecule has 0 saturated heterocycles. The number of methoxy groups -OCH3 is 1. The Morgan fingerprint density at radius 3 is 2.39 bits per heavy atom. The maximum atomic E-state index is 6.04. The van der Waals surface area contributed by atoms with Gasteiger partial charge in [0.15, 0.2) is 5.52 Å². The van der Waals surface area contributed by atoms with E-state index in [1.165, 1.54) is 0 Å². The lowest BCUT2D eigenvalue weighted by atomic mass is 10.1. The summed E-state index contributed by atoms with van der Waals surface area (Å²) in [5, 5.41) is 6.75. The number of ether oxygens (including phenoxy) is 3. The monoisotopic (exact) mass is 377 g/mol. The molecular formula is C22H23N3O3. The van der Waals surface area contributed by atoms with Crippen LogP contribution in [-0.4, -0.2) is 35.1 Å². The first kappa shape index (κ1) is 18.1. The average molecular weight is 377 g/mol. The molecule has 28 heavy (non-hydrogen) atoms. The van der Waals surface area contributed by atoms with Crippen molar-refractivity contribution < 1.29 is 14.2 Å². The predicted molar refractivity (Wildman–Crippen MR) is 109 cm³/mol. The van der Waals surface area contributed by atoms with Gasteiger partial charge in [-0.2, -0.15) is 5.10 Å². The van der Waals surface area contributed by atoms with Gasteiger partial charge in [-0.15, -0.1) is 0 Å². The van der Waals surface area contributed by atoms with Crippen molar-refractivity contribution in [2.45, 2.75) is 20.4 Å². The number of hydrogen-bond donors (Lipinski definition) is 0. The van der Waals surface area contributed by atoms with E-state index >= 15 is 0 Å². The Kier molecular flexibility index (Phi) is 5.02. The third-order valence-corrected chi connectivity index (χ3v) is 4.56. The molecule has 4 rings (SSSR count). The highest BCUT2D eigenvalue weighted by Crippen LogP contribution is 2.37. The zero-order chi connectivity index (χ0) is 19.5. The average Bonchev–Trinajstić information content (AvgIpc) is 3.08. The van der Waals surface area contributed by atoms with Crippen LogP contribution in [0, 0.1) is 0 Å². The lowest BCUT2D eigenvalue weighted by Crippen LogP contribution is -2.06. The molecule has 2 heterocycles. The second kappa shape index (κ2) is 7.76. The molecule has 0 aliphatic heterocycles. The Bertz CT molecular complexity index is 1100. The van der Waals surface area contributed by atoms with Crippen LogP contribution in [0.1, 0.15) is 19.4 Å². The van der Waals surface area contributed by atoms with Gasteiger partial charge >= 0.3 is 0 Å². The van der Waals surface area contributed by atoms with Gasteiger partial charge in [-0.3, -0.25) is 0 Å². The van der Waals surface area contributed by atoms with Gasteiger partial charge in [0.2, 0.25) is 11.8 Å². The number of nitrogens with zero attached hydrogens (tertiary/aromatic N) is 3. The summed E-state index contributed by atoms with van der Waals surface area (Å²) in [5.74, 6) is 2.09. The quantitative estimate of drug-likeness (QED) is 0.477. The number of pyridine rings is 1. The van der Waals surface area contributed by atoms with Gasteiger partial charge in [0.25, 0.3) is 0 Å². The van der Waals surface area contributed by atoms with Crippen LogP contribution in [0.3, 0.4) is 0 Å². The first-order valence-electron chi connectivity index (χ1n) is 9.43. The van der Waals surface area contributed by atoms with E-state index in [-0.39, 0.29) is 0 Å². The van der Waals surface area contributed by atoms with Gasteiger partial charge in [0.1, 0.15) is 5.75 Å². The van der Waals surface area contributed by atoms with Crippen molar-refractivity contribution in [1.29, 1.82) is 0 Å². The van der Waals surface area contributed by atoms with E-state index in [0.717, 1.165) is 39.0 Å². The number of fused-ring (bicyclic) bond motifs is 3. The summed E-state index contributed by atoms with van der Waals surface area (Å²) >= 11 is 0. The minimum Gasteiger partial charge on any atom is -0.497 e. The molecule has 6 nitrogen and oxygen atoms in total. The van der Waals surface area contributed by atoms with Crippen molar-refractivity contribution in [1.82, 2.24) is 14.8 Å². The van der Waals surface area contributed by atoms with Crippen LogP contribution >= 0.6 is 0 Å². The SMILES string of the molecule is CCOc1nc2ccccc2c2c(OCC)n(Cc3ccc(OC)cc3)nc12. The minimum absolute atomic E-state index is 0.524. The lowest BCUT2D eigenvalue weighted by Gasteiger charge is -2.09. The van der Waals surface area contributed by atoms with Crippen molar-refractivity contribution in [2.24, 2.45) is 0 Å². The fraction of sp³-hybridized carbons (Fsp3) is 0.273. The van der Waals surface area contributed by atoms with Crippen molar-refractivity contribution in [2.75, 3.05) is 20.3 Å². The van der Waals surface area contributed by atoms with Crippen LogP contribution in [-0.2, 0) is 6.54 Å². The summed E-state index contributed by atoms with van der Waals surface area (Å²) in [7, 11) is 1.66. The van der Waals surface area contributed by atoms with Crippen LogP contribution in [0.25, 0.3) is 21.8 Å². The van der Waals surface area contributed by atoms with E-state index in [9.17, 15) is 0 Å². The molecule has 0 aliphatic carbocycles. The van der Waals surface area contributed by atoms with E-state index in [4.69, 9.17) is 19.3 Å². The Morgan fingerprint density at radius 2 is 1.68 bits per heavy atom. The molecule has 0 bridgehead atoms. The van der Waals surface area contributed by atoms with Crippen molar-refractivity contribution in [3.05, 3.63) is 54.1 Å². The number of para-hydroxylation sites is 1. The van der Waals surface area contributed by atoms with Crippen LogP contribution in [0.2, 0.25) is 0 Å². The Balaban J connectivity index is 1.91. The van der Waals surface area contributed by atoms with Crippen LogP contribution < -0.4 is 14.2 Å². The van der Waals surface area contributed by atoms with E-state index in [1.807, 2.05) is 67.1 Å². The van der Waals surface area contributed by atoms with Crippen LogP contribution in [0.5, 0.6) is 17.5 Å². The van der Waals surface area contributed by atoms with Crippen LogP contribution in [0.15, 0.2) is 48.5 Å². The third kappa shape index (κ3) is 3.22. The molecule has 0 fully saturated rings. The predicted octanol–water partition coefficient (Wildman–Crippen LogP) is 4.44. The molecule has 144 valence electrons. The summed E-state index contributed by atoms with van der Waals surface area (Å²) in [6.07, 6.45) is 0. The first-order chi connectivity index (χ1) is 13.7. The number of rotatable bonds is 7. The highest BCUT2D eigenvalue weighted by Gasteiger charge is 2.21. The van der Waals surface area contributed by atoms with Gasteiger partial charge in [0, 0.05) is 5.39 Å². The Morgan fingerprint density at radius 1 is 0.929 bits per heavy atom. The Hall–Kier alpha value is -3.28. The minimum atomic E-state index is 0.524.